The highest BCUT2D eigenvalue weighted by molar-refractivity contribution is 8.26. The molecule has 1 heterocycles. The number of rotatable bonds is 7. The molecule has 1 aliphatic rings. The number of amides is 2. The number of carbonyl (C=O) groups is 3. The third-order valence-electron chi connectivity index (χ3n) is 3.57. The van der Waals surface area contributed by atoms with E-state index in [9.17, 15) is 14.4 Å². The van der Waals surface area contributed by atoms with Crippen LogP contribution < -0.4 is 5.32 Å². The first kappa shape index (κ1) is 20.4. The first-order valence-electron chi connectivity index (χ1n) is 7.81. The highest BCUT2D eigenvalue weighted by Crippen LogP contribution is 2.32. The van der Waals surface area contributed by atoms with Crippen molar-refractivity contribution >= 4 is 63.8 Å². The van der Waals surface area contributed by atoms with Crippen LogP contribution in [-0.2, 0) is 14.4 Å². The van der Waals surface area contributed by atoms with Gasteiger partial charge in [0.15, 0.2) is 0 Å². The van der Waals surface area contributed by atoms with Crippen molar-refractivity contribution in [1.29, 1.82) is 0 Å². The summed E-state index contributed by atoms with van der Waals surface area (Å²) < 4.78 is 0.439. The molecular formula is C17H17ClN2O4S2. The summed E-state index contributed by atoms with van der Waals surface area (Å²) in [5.41, 5.74) is 0.844. The van der Waals surface area contributed by atoms with Crippen molar-refractivity contribution in [1.82, 2.24) is 10.2 Å². The smallest absolute Gasteiger partial charge is 0.325 e. The van der Waals surface area contributed by atoms with Crippen LogP contribution in [0.1, 0.15) is 25.3 Å². The highest BCUT2D eigenvalue weighted by Gasteiger charge is 2.31. The quantitative estimate of drug-likeness (QED) is 0.529. The summed E-state index contributed by atoms with van der Waals surface area (Å²) in [5, 5.41) is 11.7. The molecule has 2 amide bonds. The maximum Gasteiger partial charge on any atom is 0.325 e. The van der Waals surface area contributed by atoms with Crippen molar-refractivity contribution < 1.29 is 19.5 Å². The maximum atomic E-state index is 12.5. The van der Waals surface area contributed by atoms with Gasteiger partial charge in [-0.2, -0.15) is 0 Å². The number of thioether (sulfide) groups is 1. The zero-order valence-electron chi connectivity index (χ0n) is 13.9. The summed E-state index contributed by atoms with van der Waals surface area (Å²) in [4.78, 5) is 36.8. The molecule has 0 bridgehead atoms. The molecule has 6 nitrogen and oxygen atoms in total. The molecule has 0 spiro atoms. The van der Waals surface area contributed by atoms with Gasteiger partial charge in [-0.25, -0.2) is 0 Å². The van der Waals surface area contributed by atoms with Gasteiger partial charge in [0.1, 0.15) is 10.4 Å². The van der Waals surface area contributed by atoms with Crippen LogP contribution in [0, 0.1) is 0 Å². The van der Waals surface area contributed by atoms with Gasteiger partial charge in [0.05, 0.1) is 4.91 Å². The summed E-state index contributed by atoms with van der Waals surface area (Å²) in [5.74, 6) is -1.67. The Morgan fingerprint density at radius 2 is 2.04 bits per heavy atom. The van der Waals surface area contributed by atoms with Crippen LogP contribution in [0.4, 0.5) is 0 Å². The van der Waals surface area contributed by atoms with E-state index in [1.54, 1.807) is 18.2 Å². The second kappa shape index (κ2) is 9.16. The Hall–Kier alpha value is -1.90. The second-order valence-electron chi connectivity index (χ2n) is 5.62. The van der Waals surface area contributed by atoms with Gasteiger partial charge < -0.3 is 10.4 Å². The highest BCUT2D eigenvalue weighted by atomic mass is 35.5. The first-order chi connectivity index (χ1) is 12.3. The van der Waals surface area contributed by atoms with E-state index in [0.717, 1.165) is 5.56 Å². The van der Waals surface area contributed by atoms with Gasteiger partial charge in [-0.1, -0.05) is 47.7 Å². The van der Waals surface area contributed by atoms with E-state index in [-0.39, 0.29) is 18.2 Å². The van der Waals surface area contributed by atoms with Crippen LogP contribution in [0.2, 0.25) is 5.02 Å². The number of nitrogens with zero attached hydrogens (tertiary/aromatic N) is 1. The van der Waals surface area contributed by atoms with E-state index >= 15 is 0 Å². The lowest BCUT2D eigenvalue weighted by molar-refractivity contribution is -0.141. The van der Waals surface area contributed by atoms with E-state index in [1.165, 1.54) is 23.6 Å². The molecule has 9 heteroatoms. The number of carboxylic acids is 1. The Kier molecular flexibility index (Phi) is 7.19. The van der Waals surface area contributed by atoms with E-state index in [0.29, 0.717) is 27.2 Å². The molecule has 0 radical (unpaired) electrons. The van der Waals surface area contributed by atoms with Gasteiger partial charge in [0, 0.05) is 18.0 Å². The van der Waals surface area contributed by atoms with Crippen LogP contribution in [0.3, 0.4) is 0 Å². The molecule has 1 atom stereocenters. The molecule has 1 fully saturated rings. The molecule has 0 aliphatic carbocycles. The number of benzene rings is 1. The van der Waals surface area contributed by atoms with Crippen molar-refractivity contribution in [3.8, 4) is 0 Å². The summed E-state index contributed by atoms with van der Waals surface area (Å²) in [6, 6.07) is 6.16. The van der Waals surface area contributed by atoms with Crippen molar-refractivity contribution in [2.75, 3.05) is 6.54 Å². The van der Waals surface area contributed by atoms with E-state index in [2.05, 4.69) is 5.32 Å². The molecule has 1 aromatic carbocycles. The number of nitrogens with one attached hydrogen (secondary N) is 1. The molecule has 0 saturated carbocycles. The predicted octanol–water partition coefficient (Wildman–Crippen LogP) is 2.91. The van der Waals surface area contributed by atoms with E-state index in [1.807, 2.05) is 12.1 Å². The lowest BCUT2D eigenvalue weighted by atomic mass is 10.2. The van der Waals surface area contributed by atoms with Crippen molar-refractivity contribution in [3.05, 3.63) is 39.8 Å². The summed E-state index contributed by atoms with van der Waals surface area (Å²) in [6.45, 7) is 1.70. The number of carboxylic acid groups (broad SMARTS) is 1. The molecule has 2 rings (SSSR count). The normalized spacial score (nSPS) is 16.8. The lowest BCUT2D eigenvalue weighted by Gasteiger charge is -2.14. The van der Waals surface area contributed by atoms with Crippen LogP contribution >= 0.6 is 35.6 Å². The van der Waals surface area contributed by atoms with Crippen molar-refractivity contribution in [3.63, 3.8) is 0 Å². The maximum absolute atomic E-state index is 12.5. The zero-order valence-corrected chi connectivity index (χ0v) is 16.3. The SMILES string of the molecule is CC(NC(=O)CCCN1C(=O)/C(=C/c2ccc(Cl)cc2)SC1=S)C(=O)O. The van der Waals surface area contributed by atoms with Crippen LogP contribution in [0.25, 0.3) is 6.08 Å². The minimum atomic E-state index is -1.09. The molecule has 1 unspecified atom stereocenters. The molecule has 1 saturated heterocycles. The largest absolute Gasteiger partial charge is 0.480 e. The van der Waals surface area contributed by atoms with E-state index in [4.69, 9.17) is 28.9 Å². The van der Waals surface area contributed by atoms with Gasteiger partial charge >= 0.3 is 5.97 Å². The third-order valence-corrected chi connectivity index (χ3v) is 5.20. The summed E-state index contributed by atoms with van der Waals surface area (Å²) >= 11 is 12.3. The van der Waals surface area contributed by atoms with E-state index < -0.39 is 12.0 Å². The van der Waals surface area contributed by atoms with Crippen LogP contribution in [0.15, 0.2) is 29.2 Å². The standard InChI is InChI=1S/C17H17ClN2O4S2/c1-10(16(23)24)19-14(21)3-2-8-20-15(22)13(26-17(20)25)9-11-4-6-12(18)7-5-11/h4-7,9-10H,2-3,8H2,1H3,(H,19,21)(H,23,24)/b13-9-. The number of hydrogen-bond acceptors (Lipinski definition) is 5. The fourth-order valence-corrected chi connectivity index (χ4v) is 3.61. The monoisotopic (exact) mass is 412 g/mol. The molecule has 138 valence electrons. The minimum absolute atomic E-state index is 0.116. The Bertz CT molecular complexity index is 765. The first-order valence-corrected chi connectivity index (χ1v) is 9.41. The van der Waals surface area contributed by atoms with Gasteiger partial charge in [0.25, 0.3) is 5.91 Å². The van der Waals surface area contributed by atoms with Crippen molar-refractivity contribution in [2.45, 2.75) is 25.8 Å². The molecule has 0 aromatic heterocycles. The average Bonchev–Trinajstić information content (AvgIpc) is 2.84. The number of carbonyl (C=O) groups excluding carboxylic acids is 2. The van der Waals surface area contributed by atoms with Gasteiger partial charge in [-0.15, -0.1) is 0 Å². The van der Waals surface area contributed by atoms with Gasteiger partial charge in [-0.05, 0) is 37.1 Å². The molecule has 2 N–H and O–H groups in total. The fourth-order valence-electron chi connectivity index (χ4n) is 2.18. The number of aliphatic carboxylic acids is 1. The number of halogens is 1. The molecule has 1 aliphatic heterocycles. The fraction of sp³-hybridized carbons (Fsp3) is 0.294. The summed E-state index contributed by atoms with van der Waals surface area (Å²) in [7, 11) is 0. The second-order valence-corrected chi connectivity index (χ2v) is 7.73. The Morgan fingerprint density at radius 3 is 2.65 bits per heavy atom. The Labute approximate surface area is 165 Å². The minimum Gasteiger partial charge on any atom is -0.480 e. The Balaban J connectivity index is 1.90. The topological polar surface area (TPSA) is 86.7 Å². The number of thiocarbonyl (C=S) groups is 1. The lowest BCUT2D eigenvalue weighted by Crippen LogP contribution is -2.38. The number of hydrogen-bond donors (Lipinski definition) is 2. The van der Waals surface area contributed by atoms with Crippen LogP contribution in [-0.4, -0.2) is 44.7 Å². The zero-order chi connectivity index (χ0) is 19.3. The predicted molar refractivity (Wildman–Crippen MR) is 106 cm³/mol. The summed E-state index contributed by atoms with van der Waals surface area (Å²) in [6.07, 6.45) is 2.25. The molecular weight excluding hydrogens is 396 g/mol. The molecule has 26 heavy (non-hydrogen) atoms. The van der Waals surface area contributed by atoms with Crippen molar-refractivity contribution in [2.24, 2.45) is 0 Å². The van der Waals surface area contributed by atoms with Crippen LogP contribution in [0.5, 0.6) is 0 Å². The average molecular weight is 413 g/mol. The Morgan fingerprint density at radius 1 is 1.38 bits per heavy atom. The van der Waals surface area contributed by atoms with Gasteiger partial charge in [0.2, 0.25) is 5.91 Å². The van der Waals surface area contributed by atoms with Gasteiger partial charge in [-0.3, -0.25) is 19.3 Å². The molecule has 1 aromatic rings. The third kappa shape index (κ3) is 5.55.